The number of ether oxygens (including phenoxy) is 1. The Balaban J connectivity index is 2.14. The molecule has 1 aliphatic rings. The van der Waals surface area contributed by atoms with Gasteiger partial charge in [-0.15, -0.1) is 0 Å². The van der Waals surface area contributed by atoms with Crippen LogP contribution in [0.25, 0.3) is 0 Å². The van der Waals surface area contributed by atoms with E-state index in [0.29, 0.717) is 5.92 Å². The van der Waals surface area contributed by atoms with Gasteiger partial charge in [-0.2, -0.15) is 0 Å². The van der Waals surface area contributed by atoms with Gasteiger partial charge < -0.3 is 10.1 Å². The van der Waals surface area contributed by atoms with Crippen LogP contribution >= 0.6 is 0 Å². The summed E-state index contributed by atoms with van der Waals surface area (Å²) in [7, 11) is 1.96. The highest BCUT2D eigenvalue weighted by atomic mass is 16.5. The van der Waals surface area contributed by atoms with Crippen LogP contribution in [0.2, 0.25) is 0 Å². The monoisotopic (exact) mass is 207 g/mol. The second-order valence-electron chi connectivity index (χ2n) is 3.97. The molecule has 4 heteroatoms. The summed E-state index contributed by atoms with van der Waals surface area (Å²) in [6, 6.07) is 0.264. The molecule has 0 bridgehead atoms. The van der Waals surface area contributed by atoms with E-state index in [2.05, 4.69) is 15.3 Å². The molecular formula is C11H17N3O. The van der Waals surface area contributed by atoms with Crippen LogP contribution in [0.3, 0.4) is 0 Å². The Bertz CT molecular complexity index is 306. The third kappa shape index (κ3) is 2.33. The van der Waals surface area contributed by atoms with Crippen molar-refractivity contribution in [3.63, 3.8) is 0 Å². The zero-order valence-corrected chi connectivity index (χ0v) is 9.23. The first kappa shape index (κ1) is 10.5. The first-order valence-corrected chi connectivity index (χ1v) is 5.35. The maximum Gasteiger partial charge on any atom is 0.0759 e. The van der Waals surface area contributed by atoms with E-state index in [1.54, 1.807) is 0 Å². The van der Waals surface area contributed by atoms with Gasteiger partial charge in [-0.25, -0.2) is 0 Å². The maximum absolute atomic E-state index is 5.40. The summed E-state index contributed by atoms with van der Waals surface area (Å²) in [5, 5.41) is 3.30. The lowest BCUT2D eigenvalue weighted by Crippen LogP contribution is -2.26. The minimum atomic E-state index is 0.264. The third-order valence-corrected chi connectivity index (χ3v) is 2.87. The number of aromatic nitrogens is 2. The van der Waals surface area contributed by atoms with Crippen LogP contribution in [0.5, 0.6) is 0 Å². The largest absolute Gasteiger partial charge is 0.381 e. The average Bonchev–Trinajstić information content (AvgIpc) is 2.75. The van der Waals surface area contributed by atoms with Crippen molar-refractivity contribution in [1.82, 2.24) is 15.3 Å². The van der Waals surface area contributed by atoms with Gasteiger partial charge in [0, 0.05) is 18.7 Å². The van der Waals surface area contributed by atoms with Gasteiger partial charge in [-0.3, -0.25) is 9.97 Å². The number of nitrogens with zero attached hydrogens (tertiary/aromatic N) is 2. The van der Waals surface area contributed by atoms with Crippen molar-refractivity contribution < 1.29 is 4.74 Å². The molecule has 0 amide bonds. The molecule has 82 valence electrons. The first-order valence-electron chi connectivity index (χ1n) is 5.35. The molecule has 0 radical (unpaired) electrons. The minimum Gasteiger partial charge on any atom is -0.381 e. The fraction of sp³-hybridized carbons (Fsp3) is 0.636. The molecule has 2 heterocycles. The highest BCUT2D eigenvalue weighted by molar-refractivity contribution is 5.07. The van der Waals surface area contributed by atoms with Gasteiger partial charge in [0.15, 0.2) is 0 Å². The van der Waals surface area contributed by atoms with Crippen LogP contribution in [0.4, 0.5) is 0 Å². The summed E-state index contributed by atoms with van der Waals surface area (Å²) in [4.78, 5) is 8.69. The minimum absolute atomic E-state index is 0.264. The van der Waals surface area contributed by atoms with Crippen LogP contribution in [0.15, 0.2) is 12.4 Å². The number of nitrogens with one attached hydrogen (secondary N) is 1. The number of aryl methyl sites for hydroxylation is 1. The Hall–Kier alpha value is -1.00. The molecule has 1 N–H and O–H groups in total. The van der Waals surface area contributed by atoms with E-state index in [-0.39, 0.29) is 6.04 Å². The van der Waals surface area contributed by atoms with Crippen LogP contribution in [0, 0.1) is 12.8 Å². The summed E-state index contributed by atoms with van der Waals surface area (Å²) in [5.41, 5.74) is 1.97. The molecule has 0 spiro atoms. The fourth-order valence-electron chi connectivity index (χ4n) is 2.00. The van der Waals surface area contributed by atoms with Crippen molar-refractivity contribution in [2.24, 2.45) is 5.92 Å². The third-order valence-electron chi connectivity index (χ3n) is 2.87. The Morgan fingerprint density at radius 1 is 1.47 bits per heavy atom. The first-order chi connectivity index (χ1) is 7.31. The summed E-state index contributed by atoms with van der Waals surface area (Å²) in [5.74, 6) is 0.520. The van der Waals surface area contributed by atoms with E-state index < -0.39 is 0 Å². The van der Waals surface area contributed by atoms with Gasteiger partial charge in [0.25, 0.3) is 0 Å². The van der Waals surface area contributed by atoms with Crippen molar-refractivity contribution >= 4 is 0 Å². The molecule has 0 aliphatic carbocycles. The molecule has 2 rings (SSSR count). The summed E-state index contributed by atoms with van der Waals surface area (Å²) < 4.78 is 5.40. The lowest BCUT2D eigenvalue weighted by Gasteiger charge is -2.20. The van der Waals surface area contributed by atoms with Gasteiger partial charge in [0.2, 0.25) is 0 Å². The van der Waals surface area contributed by atoms with Crippen molar-refractivity contribution in [1.29, 1.82) is 0 Å². The summed E-state index contributed by atoms with van der Waals surface area (Å²) in [6.07, 6.45) is 4.77. The van der Waals surface area contributed by atoms with Crippen molar-refractivity contribution in [3.8, 4) is 0 Å². The van der Waals surface area contributed by atoms with Crippen LogP contribution in [-0.4, -0.2) is 30.2 Å². The predicted molar refractivity (Wildman–Crippen MR) is 57.5 cm³/mol. The van der Waals surface area contributed by atoms with Crippen LogP contribution in [-0.2, 0) is 4.74 Å². The maximum atomic E-state index is 5.40. The van der Waals surface area contributed by atoms with Gasteiger partial charge in [-0.05, 0) is 20.4 Å². The average molecular weight is 207 g/mol. The molecule has 2 atom stereocenters. The second-order valence-corrected chi connectivity index (χ2v) is 3.97. The Kier molecular flexibility index (Phi) is 3.28. The molecule has 15 heavy (non-hydrogen) atoms. The molecule has 4 nitrogen and oxygen atoms in total. The van der Waals surface area contributed by atoms with E-state index in [1.165, 1.54) is 0 Å². The fourth-order valence-corrected chi connectivity index (χ4v) is 2.00. The zero-order chi connectivity index (χ0) is 10.7. The van der Waals surface area contributed by atoms with Gasteiger partial charge >= 0.3 is 0 Å². The topological polar surface area (TPSA) is 47.0 Å². The van der Waals surface area contributed by atoms with Gasteiger partial charge in [0.05, 0.1) is 30.2 Å². The number of hydrogen-bond acceptors (Lipinski definition) is 4. The van der Waals surface area contributed by atoms with Crippen LogP contribution in [0.1, 0.15) is 23.9 Å². The Labute approximate surface area is 90.1 Å². The predicted octanol–water partition coefficient (Wildman–Crippen LogP) is 1.08. The highest BCUT2D eigenvalue weighted by Gasteiger charge is 2.26. The molecule has 1 aromatic heterocycles. The summed E-state index contributed by atoms with van der Waals surface area (Å²) in [6.45, 7) is 3.63. The molecule has 0 aromatic carbocycles. The van der Waals surface area contributed by atoms with Crippen molar-refractivity contribution in [2.45, 2.75) is 19.4 Å². The molecule has 1 aliphatic heterocycles. The van der Waals surface area contributed by atoms with E-state index in [0.717, 1.165) is 31.0 Å². The number of rotatable bonds is 3. The van der Waals surface area contributed by atoms with Crippen molar-refractivity contribution in [2.75, 3.05) is 20.3 Å². The smallest absolute Gasteiger partial charge is 0.0759 e. The normalized spacial score (nSPS) is 22.9. The van der Waals surface area contributed by atoms with Gasteiger partial charge in [-0.1, -0.05) is 0 Å². The molecule has 0 saturated carbocycles. The Morgan fingerprint density at radius 2 is 2.33 bits per heavy atom. The lowest BCUT2D eigenvalue weighted by molar-refractivity contribution is 0.177. The van der Waals surface area contributed by atoms with E-state index in [9.17, 15) is 0 Å². The Morgan fingerprint density at radius 3 is 2.87 bits per heavy atom. The molecule has 1 fully saturated rings. The van der Waals surface area contributed by atoms with E-state index in [1.807, 2.05) is 26.4 Å². The standard InChI is InChI=1S/C11H17N3O/c1-8-5-14-10(6-13-8)11(12-2)9-3-4-15-7-9/h5-6,9,11-12H,3-4,7H2,1-2H3. The lowest BCUT2D eigenvalue weighted by atomic mass is 9.96. The second kappa shape index (κ2) is 4.68. The molecule has 2 unspecified atom stereocenters. The SMILES string of the molecule is CNC(c1cnc(C)cn1)C1CCOC1. The number of hydrogen-bond donors (Lipinski definition) is 1. The van der Waals surface area contributed by atoms with Gasteiger partial charge in [0.1, 0.15) is 0 Å². The zero-order valence-electron chi connectivity index (χ0n) is 9.23. The quantitative estimate of drug-likeness (QED) is 0.805. The van der Waals surface area contributed by atoms with Crippen LogP contribution < -0.4 is 5.32 Å². The highest BCUT2D eigenvalue weighted by Crippen LogP contribution is 2.26. The molecule has 1 saturated heterocycles. The van der Waals surface area contributed by atoms with Crippen molar-refractivity contribution in [3.05, 3.63) is 23.8 Å². The molecule has 1 aromatic rings. The molecular weight excluding hydrogens is 190 g/mol. The van der Waals surface area contributed by atoms with E-state index >= 15 is 0 Å². The van der Waals surface area contributed by atoms with E-state index in [4.69, 9.17) is 4.74 Å². The summed E-state index contributed by atoms with van der Waals surface area (Å²) >= 11 is 0.